The number of nitrogens with zero attached hydrogens (tertiary/aromatic N) is 1. The Kier molecular flexibility index (Phi) is 7.69. The molecule has 0 radical (unpaired) electrons. The molecule has 2 amide bonds. The fourth-order valence-electron chi connectivity index (χ4n) is 3.02. The van der Waals surface area contributed by atoms with Crippen molar-refractivity contribution in [3.8, 4) is 0 Å². The van der Waals surface area contributed by atoms with Crippen LogP contribution in [0.2, 0.25) is 0 Å². The summed E-state index contributed by atoms with van der Waals surface area (Å²) in [5.74, 6) is -2.78. The highest BCUT2D eigenvalue weighted by Gasteiger charge is 2.21. The lowest BCUT2D eigenvalue weighted by atomic mass is 10.0. The average molecular weight is 484 g/mol. The first kappa shape index (κ1) is 24.5. The van der Waals surface area contributed by atoms with E-state index in [9.17, 15) is 24.3 Å². The minimum absolute atomic E-state index is 0.177. The molecule has 34 heavy (non-hydrogen) atoms. The molecule has 1 unspecified atom stereocenters. The third-order valence-electron chi connectivity index (χ3n) is 4.65. The number of carbonyl (C=O) groups excluding carboxylic acids is 2. The van der Waals surface area contributed by atoms with Crippen LogP contribution < -0.4 is 10.6 Å². The van der Waals surface area contributed by atoms with Crippen LogP contribution in [0.4, 0.5) is 11.5 Å². The first-order valence-electron chi connectivity index (χ1n) is 10.1. The van der Waals surface area contributed by atoms with Gasteiger partial charge in [-0.2, -0.15) is 0 Å². The Morgan fingerprint density at radius 1 is 1.00 bits per heavy atom. The lowest BCUT2D eigenvalue weighted by Crippen LogP contribution is -2.24. The second-order valence-electron chi connectivity index (χ2n) is 7.18. The Hall–Kier alpha value is -4.12. The van der Waals surface area contributed by atoms with E-state index in [2.05, 4.69) is 15.8 Å². The molecular formula is C23H21N3O7S. The fraction of sp³-hybridized carbons (Fsp3) is 0.174. The van der Waals surface area contributed by atoms with E-state index in [0.29, 0.717) is 28.6 Å². The standard InChI is InChI=1S/C23H21N3O7S/c1-3-18(21(28)25-19-9-12(2)33-26-19)34-15-6-4-5-14(11-15)24-20(27)16-8-7-13(22(29)30)10-17(16)23(31)32/h4-11,18H,3H2,1-2H3,(H,24,27)(H,29,30)(H,31,32)(H,25,26,28). The molecule has 1 aromatic heterocycles. The van der Waals surface area contributed by atoms with Crippen molar-refractivity contribution in [3.05, 3.63) is 71.0 Å². The van der Waals surface area contributed by atoms with E-state index >= 15 is 0 Å². The molecule has 11 heteroatoms. The number of hydrogen-bond acceptors (Lipinski definition) is 7. The molecule has 0 aliphatic rings. The Morgan fingerprint density at radius 2 is 1.76 bits per heavy atom. The molecule has 0 fully saturated rings. The number of hydrogen-bond donors (Lipinski definition) is 4. The van der Waals surface area contributed by atoms with Crippen LogP contribution in [0.3, 0.4) is 0 Å². The Bertz CT molecular complexity index is 1250. The zero-order valence-corrected chi connectivity index (χ0v) is 19.0. The summed E-state index contributed by atoms with van der Waals surface area (Å²) in [7, 11) is 0. The van der Waals surface area contributed by atoms with Gasteiger partial charge in [0.1, 0.15) is 5.76 Å². The highest BCUT2D eigenvalue weighted by Crippen LogP contribution is 2.29. The maximum atomic E-state index is 12.7. The molecule has 3 rings (SSSR count). The number of aryl methyl sites for hydroxylation is 1. The topological polar surface area (TPSA) is 159 Å². The van der Waals surface area contributed by atoms with Crippen LogP contribution in [0.15, 0.2) is 57.9 Å². The normalized spacial score (nSPS) is 11.5. The van der Waals surface area contributed by atoms with E-state index in [0.717, 1.165) is 18.2 Å². The first-order chi connectivity index (χ1) is 16.2. The Balaban J connectivity index is 1.74. The van der Waals surface area contributed by atoms with Gasteiger partial charge < -0.3 is 25.4 Å². The summed E-state index contributed by atoms with van der Waals surface area (Å²) in [5, 5.41) is 27.1. The number of nitrogens with one attached hydrogen (secondary N) is 2. The predicted octanol–water partition coefficient (Wildman–Crippen LogP) is 4.14. The van der Waals surface area contributed by atoms with Gasteiger partial charge in [0, 0.05) is 16.6 Å². The third kappa shape index (κ3) is 6.01. The van der Waals surface area contributed by atoms with E-state index in [1.165, 1.54) is 11.8 Å². The molecule has 0 aliphatic heterocycles. The van der Waals surface area contributed by atoms with Gasteiger partial charge in [-0.15, -0.1) is 11.8 Å². The number of thioether (sulfide) groups is 1. The van der Waals surface area contributed by atoms with Crippen molar-refractivity contribution in [3.63, 3.8) is 0 Å². The number of rotatable bonds is 9. The van der Waals surface area contributed by atoms with Crippen LogP contribution in [0.5, 0.6) is 0 Å². The van der Waals surface area contributed by atoms with Crippen LogP contribution in [-0.4, -0.2) is 44.4 Å². The molecule has 176 valence electrons. The zero-order chi connectivity index (χ0) is 24.8. The minimum atomic E-state index is -1.42. The van der Waals surface area contributed by atoms with E-state index in [1.807, 2.05) is 6.92 Å². The SMILES string of the molecule is CCC(Sc1cccc(NC(=O)c2ccc(C(=O)O)cc2C(=O)O)c1)C(=O)Nc1cc(C)on1. The summed E-state index contributed by atoms with van der Waals surface area (Å²) in [5.41, 5.74) is -0.453. The molecule has 10 nitrogen and oxygen atoms in total. The quantitative estimate of drug-likeness (QED) is 0.328. The molecular weight excluding hydrogens is 462 g/mol. The molecule has 3 aromatic rings. The zero-order valence-electron chi connectivity index (χ0n) is 18.2. The van der Waals surface area contributed by atoms with Gasteiger partial charge in [-0.05, 0) is 49.7 Å². The van der Waals surface area contributed by atoms with Gasteiger partial charge in [0.2, 0.25) is 5.91 Å². The summed E-state index contributed by atoms with van der Waals surface area (Å²) in [6, 6.07) is 11.6. The number of carboxylic acid groups (broad SMARTS) is 2. The van der Waals surface area contributed by atoms with Gasteiger partial charge in [-0.1, -0.05) is 18.1 Å². The smallest absolute Gasteiger partial charge is 0.336 e. The number of benzene rings is 2. The predicted molar refractivity (Wildman–Crippen MR) is 125 cm³/mol. The summed E-state index contributed by atoms with van der Waals surface area (Å²) in [6.45, 7) is 3.58. The molecule has 0 saturated heterocycles. The number of carbonyl (C=O) groups is 4. The number of carboxylic acids is 2. The van der Waals surface area contributed by atoms with E-state index in [4.69, 9.17) is 9.63 Å². The van der Waals surface area contributed by atoms with Crippen molar-refractivity contribution >= 4 is 47.0 Å². The van der Waals surface area contributed by atoms with E-state index in [-0.39, 0.29) is 17.0 Å². The van der Waals surface area contributed by atoms with Crippen molar-refractivity contribution in [2.24, 2.45) is 0 Å². The lowest BCUT2D eigenvalue weighted by Gasteiger charge is -2.14. The minimum Gasteiger partial charge on any atom is -0.478 e. The molecule has 4 N–H and O–H groups in total. The van der Waals surface area contributed by atoms with Crippen LogP contribution in [0, 0.1) is 6.92 Å². The Morgan fingerprint density at radius 3 is 2.38 bits per heavy atom. The second kappa shape index (κ2) is 10.7. The van der Waals surface area contributed by atoms with Gasteiger partial charge in [0.05, 0.1) is 21.9 Å². The summed E-state index contributed by atoms with van der Waals surface area (Å²) < 4.78 is 4.95. The summed E-state index contributed by atoms with van der Waals surface area (Å²) in [4.78, 5) is 48.7. The monoisotopic (exact) mass is 483 g/mol. The van der Waals surface area contributed by atoms with Gasteiger partial charge in [0.15, 0.2) is 5.82 Å². The van der Waals surface area contributed by atoms with Crippen molar-refractivity contribution in [1.29, 1.82) is 0 Å². The molecule has 0 bridgehead atoms. The van der Waals surface area contributed by atoms with Crippen LogP contribution in [0.25, 0.3) is 0 Å². The first-order valence-corrected chi connectivity index (χ1v) is 11.0. The maximum absolute atomic E-state index is 12.7. The van der Waals surface area contributed by atoms with Gasteiger partial charge in [-0.3, -0.25) is 9.59 Å². The molecule has 0 spiro atoms. The lowest BCUT2D eigenvalue weighted by molar-refractivity contribution is -0.115. The van der Waals surface area contributed by atoms with Gasteiger partial charge >= 0.3 is 11.9 Å². The number of anilines is 2. The summed E-state index contributed by atoms with van der Waals surface area (Å²) in [6.07, 6.45) is 0.530. The van der Waals surface area contributed by atoms with Crippen molar-refractivity contribution in [1.82, 2.24) is 5.16 Å². The second-order valence-corrected chi connectivity index (χ2v) is 8.46. The number of aromatic nitrogens is 1. The fourth-order valence-corrected chi connectivity index (χ4v) is 4.03. The molecule has 2 aromatic carbocycles. The highest BCUT2D eigenvalue weighted by atomic mass is 32.2. The van der Waals surface area contributed by atoms with Gasteiger partial charge in [0.25, 0.3) is 5.91 Å². The number of amides is 2. The van der Waals surface area contributed by atoms with Crippen LogP contribution in [0.1, 0.15) is 50.2 Å². The van der Waals surface area contributed by atoms with Crippen molar-refractivity contribution in [2.75, 3.05) is 10.6 Å². The summed E-state index contributed by atoms with van der Waals surface area (Å²) >= 11 is 1.29. The molecule has 1 heterocycles. The third-order valence-corrected chi connectivity index (χ3v) is 6.01. The molecule has 1 atom stereocenters. The molecule has 0 saturated carbocycles. The van der Waals surface area contributed by atoms with Crippen molar-refractivity contribution < 1.29 is 33.9 Å². The van der Waals surface area contributed by atoms with Gasteiger partial charge in [-0.25, -0.2) is 9.59 Å². The largest absolute Gasteiger partial charge is 0.478 e. The maximum Gasteiger partial charge on any atom is 0.336 e. The van der Waals surface area contributed by atoms with E-state index < -0.39 is 28.7 Å². The number of aromatic carboxylic acids is 2. The highest BCUT2D eigenvalue weighted by molar-refractivity contribution is 8.00. The van der Waals surface area contributed by atoms with Crippen LogP contribution >= 0.6 is 11.8 Å². The van der Waals surface area contributed by atoms with Crippen LogP contribution in [-0.2, 0) is 4.79 Å². The average Bonchev–Trinajstić information content (AvgIpc) is 3.21. The Labute approximate surface area is 198 Å². The van der Waals surface area contributed by atoms with E-state index in [1.54, 1.807) is 37.3 Å². The van der Waals surface area contributed by atoms with Crippen molar-refractivity contribution in [2.45, 2.75) is 30.4 Å². The molecule has 0 aliphatic carbocycles.